The van der Waals surface area contributed by atoms with Crippen LogP contribution in [0.15, 0.2) is 42.5 Å². The van der Waals surface area contributed by atoms with Crippen LogP contribution in [0.1, 0.15) is 24.4 Å². The number of carbonyl (C=O) groups is 4. The first-order chi connectivity index (χ1) is 17.8. The summed E-state index contributed by atoms with van der Waals surface area (Å²) < 4.78 is 55.4. The summed E-state index contributed by atoms with van der Waals surface area (Å²) in [5, 5.41) is 16.1. The average molecular weight is 556 g/mol. The van der Waals surface area contributed by atoms with Gasteiger partial charge in [-0.2, -0.15) is 0 Å². The van der Waals surface area contributed by atoms with Gasteiger partial charge in [0.25, 0.3) is 11.8 Å². The van der Waals surface area contributed by atoms with E-state index in [4.69, 9.17) is 11.6 Å². The van der Waals surface area contributed by atoms with Crippen molar-refractivity contribution >= 4 is 41.1 Å². The van der Waals surface area contributed by atoms with E-state index in [-0.39, 0.29) is 10.6 Å². The number of anilines is 1. The summed E-state index contributed by atoms with van der Waals surface area (Å²) in [6, 6.07) is 3.43. The van der Waals surface area contributed by atoms with Crippen LogP contribution in [0.5, 0.6) is 0 Å². The predicted octanol–water partition coefficient (Wildman–Crippen LogP) is 1.75. The van der Waals surface area contributed by atoms with Crippen LogP contribution in [-0.4, -0.2) is 59.8 Å². The fourth-order valence-corrected chi connectivity index (χ4v) is 4.65. The van der Waals surface area contributed by atoms with Crippen molar-refractivity contribution in [3.63, 3.8) is 0 Å². The molecule has 2 aromatic carbocycles. The van der Waals surface area contributed by atoms with Crippen LogP contribution in [0, 0.1) is 11.6 Å². The van der Waals surface area contributed by atoms with Gasteiger partial charge < -0.3 is 25.4 Å². The Morgan fingerprint density at radius 3 is 2.34 bits per heavy atom. The quantitative estimate of drug-likeness (QED) is 0.526. The molecular weight excluding hydrogens is 536 g/mol. The van der Waals surface area contributed by atoms with E-state index in [2.05, 4.69) is 10.6 Å². The maximum Gasteiger partial charge on any atom is 0.252 e. The topological polar surface area (TPSA) is 122 Å². The van der Waals surface area contributed by atoms with Gasteiger partial charge in [-0.05, 0) is 18.2 Å². The summed E-state index contributed by atoms with van der Waals surface area (Å²) in [4.78, 5) is 52.1. The number of halogens is 5. The summed E-state index contributed by atoms with van der Waals surface area (Å²) in [6.45, 7) is -1.21. The van der Waals surface area contributed by atoms with Crippen LogP contribution in [0.2, 0.25) is 5.02 Å². The van der Waals surface area contributed by atoms with Gasteiger partial charge in [-0.15, -0.1) is 0 Å². The third kappa shape index (κ3) is 5.82. The number of amides is 4. The minimum absolute atomic E-state index is 0.0188. The molecular formula is C24H20ClF4N4O5-. The fraction of sp³-hybridized carbons (Fsp3) is 0.333. The first-order valence-electron chi connectivity index (χ1n) is 11.3. The number of rotatable bonds is 6. The number of nitrogens with zero attached hydrogens (tertiary/aromatic N) is 2. The summed E-state index contributed by atoms with van der Waals surface area (Å²) in [5.41, 5.74) is -0.485. The average Bonchev–Trinajstić information content (AvgIpc) is 2.80. The number of hydrogen-bond donors (Lipinski definition) is 2. The molecule has 2 aliphatic rings. The van der Waals surface area contributed by atoms with E-state index >= 15 is 0 Å². The molecule has 2 fully saturated rings. The Kier molecular flexibility index (Phi) is 7.49. The van der Waals surface area contributed by atoms with Gasteiger partial charge in [0.05, 0.1) is 12.2 Å². The zero-order valence-corrected chi connectivity index (χ0v) is 20.2. The van der Waals surface area contributed by atoms with Crippen molar-refractivity contribution < 1.29 is 41.8 Å². The van der Waals surface area contributed by atoms with Crippen LogP contribution in [0.3, 0.4) is 0 Å². The normalized spacial score (nSPS) is 19.7. The second-order valence-corrected chi connectivity index (χ2v) is 9.40. The molecule has 1 saturated heterocycles. The predicted molar refractivity (Wildman–Crippen MR) is 123 cm³/mol. The highest BCUT2D eigenvalue weighted by Crippen LogP contribution is 2.39. The fourth-order valence-electron chi connectivity index (χ4n) is 4.41. The molecule has 2 atom stereocenters. The van der Waals surface area contributed by atoms with Gasteiger partial charge >= 0.3 is 0 Å². The highest BCUT2D eigenvalue weighted by molar-refractivity contribution is 6.31. The minimum atomic E-state index is -2.99. The van der Waals surface area contributed by atoms with E-state index in [1.54, 1.807) is 0 Å². The number of carboxylic acid groups (broad SMARTS) is 1. The standard InChI is InChI=1S/C24H21ClF4N4O5/c25-17-4-2-1-3-16(17)20(21(35)30-14-8-24(28,29)9-14)33(15-6-12(26)5-13(27)7-15)22(36)18-10-32(23(37)38)11-19(34)31-18/h1-7,14,18,20H,8-11H2,(H,30,35)(H,31,34)(H,37,38)/p-1. The summed E-state index contributed by atoms with van der Waals surface area (Å²) >= 11 is 6.32. The van der Waals surface area contributed by atoms with Crippen LogP contribution in [0.4, 0.5) is 28.0 Å². The highest BCUT2D eigenvalue weighted by Gasteiger charge is 2.48. The molecule has 0 bridgehead atoms. The Morgan fingerprint density at radius 2 is 1.76 bits per heavy atom. The molecule has 2 N–H and O–H groups in total. The molecule has 0 radical (unpaired) electrons. The third-order valence-corrected chi connectivity index (χ3v) is 6.48. The molecule has 0 aromatic heterocycles. The van der Waals surface area contributed by atoms with Crippen molar-refractivity contribution in [2.24, 2.45) is 0 Å². The molecule has 1 aliphatic carbocycles. The number of hydrogen-bond acceptors (Lipinski definition) is 5. The second-order valence-electron chi connectivity index (χ2n) is 9.00. The smallest absolute Gasteiger partial charge is 0.252 e. The van der Waals surface area contributed by atoms with Crippen molar-refractivity contribution in [3.8, 4) is 0 Å². The Morgan fingerprint density at radius 1 is 1.13 bits per heavy atom. The SMILES string of the molecule is O=C1CN(C(=O)[O-])CC(C(=O)N(c2cc(F)cc(F)c2)C(C(=O)NC2CC(F)(F)C2)c2ccccc2Cl)N1. The lowest BCUT2D eigenvalue weighted by Crippen LogP contribution is -2.64. The molecule has 2 unspecified atom stereocenters. The van der Waals surface area contributed by atoms with E-state index < -0.39 is 91.1 Å². The Balaban J connectivity index is 1.81. The highest BCUT2D eigenvalue weighted by atomic mass is 35.5. The van der Waals surface area contributed by atoms with E-state index in [1.165, 1.54) is 24.3 Å². The molecule has 4 rings (SSSR count). The molecule has 1 saturated carbocycles. The van der Waals surface area contributed by atoms with Gasteiger partial charge in [0.1, 0.15) is 29.8 Å². The van der Waals surface area contributed by atoms with Crippen LogP contribution >= 0.6 is 11.6 Å². The van der Waals surface area contributed by atoms with Crippen molar-refractivity contribution in [2.75, 3.05) is 18.0 Å². The van der Waals surface area contributed by atoms with E-state index in [0.717, 1.165) is 12.1 Å². The van der Waals surface area contributed by atoms with E-state index in [1.807, 2.05) is 0 Å². The van der Waals surface area contributed by atoms with E-state index in [0.29, 0.717) is 15.9 Å². The number of piperazine rings is 1. The number of benzene rings is 2. The van der Waals surface area contributed by atoms with Crippen molar-refractivity contribution in [1.82, 2.24) is 15.5 Å². The molecule has 38 heavy (non-hydrogen) atoms. The summed E-state index contributed by atoms with van der Waals surface area (Å²) in [7, 11) is 0. The van der Waals surface area contributed by atoms with Crippen LogP contribution in [0.25, 0.3) is 0 Å². The molecule has 0 spiro atoms. The van der Waals surface area contributed by atoms with Gasteiger partial charge in [-0.3, -0.25) is 19.3 Å². The zero-order valence-electron chi connectivity index (χ0n) is 19.4. The minimum Gasteiger partial charge on any atom is -0.530 e. The van der Waals surface area contributed by atoms with Gasteiger partial charge in [0.2, 0.25) is 11.8 Å². The van der Waals surface area contributed by atoms with Crippen molar-refractivity contribution in [3.05, 3.63) is 64.7 Å². The summed E-state index contributed by atoms with van der Waals surface area (Å²) in [6.07, 6.45) is -3.06. The first kappa shape index (κ1) is 27.2. The number of carbonyl (C=O) groups excluding carboxylic acids is 4. The first-order valence-corrected chi connectivity index (χ1v) is 11.7. The molecule has 2 aromatic rings. The zero-order chi connectivity index (χ0) is 27.8. The molecule has 202 valence electrons. The van der Waals surface area contributed by atoms with Gasteiger partial charge in [-0.1, -0.05) is 29.8 Å². The maximum absolute atomic E-state index is 14.3. The third-order valence-electron chi connectivity index (χ3n) is 6.13. The van der Waals surface area contributed by atoms with Gasteiger partial charge in [-0.25, -0.2) is 17.6 Å². The lowest BCUT2D eigenvalue weighted by Gasteiger charge is -2.40. The van der Waals surface area contributed by atoms with Crippen molar-refractivity contribution in [2.45, 2.75) is 36.9 Å². The largest absolute Gasteiger partial charge is 0.530 e. The van der Waals surface area contributed by atoms with Gasteiger partial charge in [0, 0.05) is 42.1 Å². The maximum atomic E-state index is 14.3. The Labute approximate surface area is 218 Å². The summed E-state index contributed by atoms with van der Waals surface area (Å²) in [5.74, 6) is -8.18. The van der Waals surface area contributed by atoms with Crippen LogP contribution in [-0.2, 0) is 14.4 Å². The number of nitrogens with one attached hydrogen (secondary N) is 2. The Bertz CT molecular complexity index is 1270. The van der Waals surface area contributed by atoms with Gasteiger partial charge in [0.15, 0.2) is 0 Å². The van der Waals surface area contributed by atoms with E-state index in [9.17, 15) is 41.8 Å². The number of alkyl halides is 2. The van der Waals surface area contributed by atoms with Crippen molar-refractivity contribution in [1.29, 1.82) is 0 Å². The molecule has 1 aliphatic heterocycles. The second kappa shape index (κ2) is 10.5. The Hall–Kier alpha value is -3.87. The van der Waals surface area contributed by atoms with Crippen LogP contribution < -0.4 is 20.6 Å². The molecule has 14 heteroatoms. The molecule has 4 amide bonds. The molecule has 1 heterocycles. The monoisotopic (exact) mass is 555 g/mol. The lowest BCUT2D eigenvalue weighted by atomic mass is 9.87. The molecule has 9 nitrogen and oxygen atoms in total. The lowest BCUT2D eigenvalue weighted by molar-refractivity contribution is -0.266.